The molecule has 0 fully saturated rings. The molecule has 0 bridgehead atoms. The van der Waals surface area contributed by atoms with Gasteiger partial charge in [0.15, 0.2) is 5.75 Å². The summed E-state index contributed by atoms with van der Waals surface area (Å²) in [7, 11) is 0. The molecule has 0 heterocycles. The summed E-state index contributed by atoms with van der Waals surface area (Å²) in [4.78, 5) is 12.0. The number of carbonyl (C=O) groups excluding carboxylic acids is 1. The molecule has 1 amide bonds. The first-order valence-electron chi connectivity index (χ1n) is 5.67. The minimum absolute atomic E-state index is 0.0834. The fraction of sp³-hybridized carbons (Fsp3) is 0.0714. The van der Waals surface area contributed by atoms with E-state index < -0.39 is 5.91 Å². The van der Waals surface area contributed by atoms with Crippen LogP contribution in [-0.4, -0.2) is 16.1 Å². The zero-order valence-electron chi connectivity index (χ0n) is 10.3. The molecule has 2 rings (SSSR count). The number of rotatable bonds is 2. The van der Waals surface area contributed by atoms with Gasteiger partial charge in [-0.15, -0.1) is 0 Å². The van der Waals surface area contributed by atoms with Gasteiger partial charge in [-0.3, -0.25) is 4.79 Å². The Kier molecular flexibility index (Phi) is 3.29. The van der Waals surface area contributed by atoms with E-state index in [1.54, 1.807) is 25.1 Å². The fourth-order valence-corrected chi connectivity index (χ4v) is 1.63. The molecule has 2 aromatic carbocycles. The molecule has 19 heavy (non-hydrogen) atoms. The van der Waals surface area contributed by atoms with Gasteiger partial charge in [-0.05, 0) is 30.7 Å². The summed E-state index contributed by atoms with van der Waals surface area (Å²) in [5.74, 6) is -0.654. The summed E-state index contributed by atoms with van der Waals surface area (Å²) in [5.41, 5.74) is 6.90. The van der Waals surface area contributed by atoms with Gasteiger partial charge in [0.05, 0.1) is 11.3 Å². The van der Waals surface area contributed by atoms with Crippen LogP contribution in [0, 0.1) is 6.92 Å². The van der Waals surface area contributed by atoms with Crippen LogP contribution in [0.15, 0.2) is 36.4 Å². The highest BCUT2D eigenvalue weighted by molar-refractivity contribution is 6.07. The Balaban J connectivity index is 2.26. The van der Waals surface area contributed by atoms with Crippen molar-refractivity contribution < 1.29 is 15.0 Å². The smallest absolute Gasteiger partial charge is 0.259 e. The van der Waals surface area contributed by atoms with Crippen LogP contribution in [0.2, 0.25) is 0 Å². The van der Waals surface area contributed by atoms with E-state index in [9.17, 15) is 15.0 Å². The van der Waals surface area contributed by atoms with Crippen LogP contribution in [0.25, 0.3) is 0 Å². The van der Waals surface area contributed by atoms with E-state index in [1.807, 2.05) is 0 Å². The number of nitrogen functional groups attached to an aromatic ring is 1. The van der Waals surface area contributed by atoms with Crippen molar-refractivity contribution in [2.24, 2.45) is 0 Å². The maximum atomic E-state index is 12.0. The molecule has 0 spiro atoms. The number of aryl methyl sites for hydroxylation is 1. The minimum atomic E-state index is -0.493. The quantitative estimate of drug-likeness (QED) is 0.490. The van der Waals surface area contributed by atoms with E-state index in [0.717, 1.165) is 0 Å². The molecule has 0 saturated heterocycles. The second-order valence-electron chi connectivity index (χ2n) is 4.20. The molecule has 0 atom stereocenters. The molecule has 5 heteroatoms. The van der Waals surface area contributed by atoms with Gasteiger partial charge < -0.3 is 21.3 Å². The Morgan fingerprint density at radius 2 is 1.95 bits per heavy atom. The standard InChI is InChI=1S/C14H14N2O3/c1-8-5-6-9(7-12(8)17)16-14(19)10-3-2-4-11(15)13(10)18/h2-7,17-18H,15H2,1H3,(H,16,19). The molecule has 98 valence electrons. The van der Waals surface area contributed by atoms with Crippen molar-refractivity contribution >= 4 is 17.3 Å². The van der Waals surface area contributed by atoms with Gasteiger partial charge in [0.25, 0.3) is 5.91 Å². The first-order valence-corrected chi connectivity index (χ1v) is 5.67. The third kappa shape index (κ3) is 2.60. The number of amides is 1. The third-order valence-corrected chi connectivity index (χ3v) is 2.78. The number of hydrogen-bond donors (Lipinski definition) is 4. The van der Waals surface area contributed by atoms with E-state index in [0.29, 0.717) is 11.3 Å². The molecule has 0 aliphatic heterocycles. The van der Waals surface area contributed by atoms with Crippen LogP contribution in [0.3, 0.4) is 0 Å². The molecule has 5 nitrogen and oxygen atoms in total. The van der Waals surface area contributed by atoms with Crippen molar-refractivity contribution in [3.05, 3.63) is 47.5 Å². The maximum absolute atomic E-state index is 12.0. The van der Waals surface area contributed by atoms with Crippen molar-refractivity contribution in [2.45, 2.75) is 6.92 Å². The highest BCUT2D eigenvalue weighted by atomic mass is 16.3. The van der Waals surface area contributed by atoms with Gasteiger partial charge in [0.1, 0.15) is 5.75 Å². The Bertz CT molecular complexity index is 639. The fourth-order valence-electron chi connectivity index (χ4n) is 1.63. The summed E-state index contributed by atoms with van der Waals surface area (Å²) < 4.78 is 0. The Hall–Kier alpha value is -2.69. The van der Waals surface area contributed by atoms with Gasteiger partial charge in [-0.2, -0.15) is 0 Å². The number of phenols is 2. The van der Waals surface area contributed by atoms with Crippen molar-refractivity contribution in [1.82, 2.24) is 0 Å². The van der Waals surface area contributed by atoms with E-state index in [1.165, 1.54) is 18.2 Å². The van der Waals surface area contributed by atoms with Crippen LogP contribution < -0.4 is 11.1 Å². The van der Waals surface area contributed by atoms with E-state index in [4.69, 9.17) is 5.73 Å². The lowest BCUT2D eigenvalue weighted by Gasteiger charge is -2.09. The number of hydrogen-bond acceptors (Lipinski definition) is 4. The highest BCUT2D eigenvalue weighted by Crippen LogP contribution is 2.26. The van der Waals surface area contributed by atoms with Crippen molar-refractivity contribution in [2.75, 3.05) is 11.1 Å². The molecule has 0 unspecified atom stereocenters. The van der Waals surface area contributed by atoms with Crippen molar-refractivity contribution in [1.29, 1.82) is 0 Å². The predicted octanol–water partition coefficient (Wildman–Crippen LogP) is 2.24. The van der Waals surface area contributed by atoms with Gasteiger partial charge in [-0.25, -0.2) is 0 Å². The second-order valence-corrected chi connectivity index (χ2v) is 4.20. The van der Waals surface area contributed by atoms with Crippen molar-refractivity contribution in [3.8, 4) is 11.5 Å². The largest absolute Gasteiger partial charge is 0.508 e. The molecule has 0 aliphatic carbocycles. The number of benzene rings is 2. The molecule has 0 aliphatic rings. The van der Waals surface area contributed by atoms with Gasteiger partial charge >= 0.3 is 0 Å². The van der Waals surface area contributed by atoms with Crippen LogP contribution in [-0.2, 0) is 0 Å². The maximum Gasteiger partial charge on any atom is 0.259 e. The number of carbonyl (C=O) groups is 1. The number of para-hydroxylation sites is 1. The lowest BCUT2D eigenvalue weighted by molar-refractivity contribution is 0.102. The summed E-state index contributed by atoms with van der Waals surface area (Å²) in [6.07, 6.45) is 0. The Morgan fingerprint density at radius 1 is 1.21 bits per heavy atom. The van der Waals surface area contributed by atoms with Gasteiger partial charge in [0.2, 0.25) is 0 Å². The van der Waals surface area contributed by atoms with E-state index in [2.05, 4.69) is 5.32 Å². The lowest BCUT2D eigenvalue weighted by atomic mass is 10.1. The second kappa shape index (κ2) is 4.89. The van der Waals surface area contributed by atoms with Crippen molar-refractivity contribution in [3.63, 3.8) is 0 Å². The minimum Gasteiger partial charge on any atom is -0.508 e. The first-order chi connectivity index (χ1) is 8.99. The zero-order chi connectivity index (χ0) is 14.0. The number of phenolic OH excluding ortho intramolecular Hbond substituents is 2. The summed E-state index contributed by atoms with van der Waals surface area (Å²) in [6.45, 7) is 1.75. The molecule has 0 radical (unpaired) electrons. The highest BCUT2D eigenvalue weighted by Gasteiger charge is 2.13. The predicted molar refractivity (Wildman–Crippen MR) is 73.3 cm³/mol. The third-order valence-electron chi connectivity index (χ3n) is 2.78. The summed E-state index contributed by atoms with van der Waals surface area (Å²) >= 11 is 0. The van der Waals surface area contributed by atoms with E-state index in [-0.39, 0.29) is 22.7 Å². The van der Waals surface area contributed by atoms with Crippen LogP contribution >= 0.6 is 0 Å². The van der Waals surface area contributed by atoms with E-state index >= 15 is 0 Å². The number of aromatic hydroxyl groups is 2. The number of anilines is 2. The monoisotopic (exact) mass is 258 g/mol. The normalized spacial score (nSPS) is 10.2. The molecular formula is C14H14N2O3. The van der Waals surface area contributed by atoms with Gasteiger partial charge in [-0.1, -0.05) is 12.1 Å². The average molecular weight is 258 g/mol. The number of nitrogens with two attached hydrogens (primary N) is 1. The number of nitrogens with one attached hydrogen (secondary N) is 1. The molecule has 0 aromatic heterocycles. The van der Waals surface area contributed by atoms with Crippen LogP contribution in [0.1, 0.15) is 15.9 Å². The van der Waals surface area contributed by atoms with Crippen LogP contribution in [0.5, 0.6) is 11.5 Å². The molecular weight excluding hydrogens is 244 g/mol. The zero-order valence-corrected chi connectivity index (χ0v) is 10.3. The molecule has 2 aromatic rings. The Labute approximate surface area is 110 Å². The summed E-state index contributed by atoms with van der Waals surface area (Å²) in [5, 5.41) is 21.9. The first kappa shape index (κ1) is 12.8. The SMILES string of the molecule is Cc1ccc(NC(=O)c2cccc(N)c2O)cc1O. The molecule has 5 N–H and O–H groups in total. The Morgan fingerprint density at radius 3 is 2.63 bits per heavy atom. The topological polar surface area (TPSA) is 95.6 Å². The van der Waals surface area contributed by atoms with Gasteiger partial charge in [0, 0.05) is 11.8 Å². The lowest BCUT2D eigenvalue weighted by Crippen LogP contribution is -2.12. The molecule has 0 saturated carbocycles. The average Bonchev–Trinajstić information content (AvgIpc) is 2.37. The van der Waals surface area contributed by atoms with Crippen LogP contribution in [0.4, 0.5) is 11.4 Å². The summed E-state index contributed by atoms with van der Waals surface area (Å²) in [6, 6.07) is 9.34.